The van der Waals surface area contributed by atoms with Gasteiger partial charge in [0.05, 0.1) is 7.05 Å². The molecule has 0 saturated heterocycles. The molecular formula is C19H29FN3O2+. The third kappa shape index (κ3) is 5.53. The Hall–Kier alpha value is -1.95. The fourth-order valence-electron chi connectivity index (χ4n) is 3.31. The Morgan fingerprint density at radius 3 is 2.44 bits per heavy atom. The van der Waals surface area contributed by atoms with E-state index in [1.54, 1.807) is 0 Å². The fraction of sp³-hybridized carbons (Fsp3) is 0.579. The summed E-state index contributed by atoms with van der Waals surface area (Å²) in [6.07, 6.45) is 5.75. The molecule has 2 amide bonds. The van der Waals surface area contributed by atoms with Gasteiger partial charge in [0, 0.05) is 18.8 Å². The number of hydrogen-bond donors (Lipinski definition) is 2. The van der Waals surface area contributed by atoms with Gasteiger partial charge in [-0.1, -0.05) is 19.3 Å². The van der Waals surface area contributed by atoms with Crippen molar-refractivity contribution >= 4 is 17.5 Å². The van der Waals surface area contributed by atoms with Gasteiger partial charge in [-0.05, 0) is 44.0 Å². The molecule has 1 aliphatic carbocycles. The van der Waals surface area contributed by atoms with Gasteiger partial charge < -0.3 is 15.1 Å². The molecule has 2 rings (SSSR count). The topological polar surface area (TPSA) is 53.9 Å². The van der Waals surface area contributed by atoms with Gasteiger partial charge in [0.25, 0.3) is 11.8 Å². The average molecular weight is 350 g/mol. The number of nitrogens with zero attached hydrogens (tertiary/aromatic N) is 1. The summed E-state index contributed by atoms with van der Waals surface area (Å²) in [5.41, 5.74) is 0.553. The number of benzene rings is 1. The molecular weight excluding hydrogens is 321 g/mol. The van der Waals surface area contributed by atoms with Gasteiger partial charge in [0.2, 0.25) is 0 Å². The molecule has 6 heteroatoms. The lowest BCUT2D eigenvalue weighted by atomic mass is 9.94. The lowest BCUT2D eigenvalue weighted by Crippen LogP contribution is -3.15. The number of nitrogens with one attached hydrogen (secondary N) is 2. The molecule has 1 fully saturated rings. The first-order valence-corrected chi connectivity index (χ1v) is 9.03. The van der Waals surface area contributed by atoms with Crippen molar-refractivity contribution in [2.75, 3.05) is 26.0 Å². The Balaban J connectivity index is 1.85. The molecule has 1 unspecified atom stereocenters. The van der Waals surface area contributed by atoms with E-state index in [1.165, 1.54) is 43.5 Å². The van der Waals surface area contributed by atoms with Crippen LogP contribution in [0.15, 0.2) is 24.3 Å². The van der Waals surface area contributed by atoms with Crippen molar-refractivity contribution in [2.24, 2.45) is 0 Å². The van der Waals surface area contributed by atoms with E-state index < -0.39 is 0 Å². The molecule has 0 spiro atoms. The average Bonchev–Trinajstić information content (AvgIpc) is 2.62. The monoisotopic (exact) mass is 350 g/mol. The number of likely N-dealkylation sites (N-methyl/N-ethyl adjacent to an activating group) is 2. The molecule has 0 aromatic heterocycles. The van der Waals surface area contributed by atoms with E-state index in [2.05, 4.69) is 5.32 Å². The smallest absolute Gasteiger partial charge is 0.280 e. The first kappa shape index (κ1) is 19.4. The zero-order chi connectivity index (χ0) is 18.4. The van der Waals surface area contributed by atoms with Gasteiger partial charge >= 0.3 is 0 Å². The summed E-state index contributed by atoms with van der Waals surface area (Å²) in [5, 5.41) is 2.74. The Labute approximate surface area is 149 Å². The van der Waals surface area contributed by atoms with E-state index in [0.29, 0.717) is 11.7 Å². The molecule has 0 bridgehead atoms. The van der Waals surface area contributed by atoms with Gasteiger partial charge in [-0.15, -0.1) is 0 Å². The van der Waals surface area contributed by atoms with Crippen molar-refractivity contribution in [3.63, 3.8) is 0 Å². The molecule has 1 aromatic carbocycles. The van der Waals surface area contributed by atoms with Crippen LogP contribution in [0.4, 0.5) is 10.1 Å². The van der Waals surface area contributed by atoms with Crippen LogP contribution in [0, 0.1) is 5.82 Å². The van der Waals surface area contributed by atoms with Crippen molar-refractivity contribution in [1.29, 1.82) is 0 Å². The zero-order valence-electron chi connectivity index (χ0n) is 15.3. The lowest BCUT2D eigenvalue weighted by molar-refractivity contribution is -0.886. The lowest BCUT2D eigenvalue weighted by Gasteiger charge is -2.33. The van der Waals surface area contributed by atoms with Crippen molar-refractivity contribution in [3.8, 4) is 0 Å². The van der Waals surface area contributed by atoms with Gasteiger partial charge in [0.15, 0.2) is 12.6 Å². The number of carbonyl (C=O) groups excluding carboxylic acids is 2. The third-order valence-corrected chi connectivity index (χ3v) is 5.15. The van der Waals surface area contributed by atoms with Crippen LogP contribution in [-0.2, 0) is 9.59 Å². The second kappa shape index (κ2) is 8.94. The maximum absolute atomic E-state index is 12.9. The van der Waals surface area contributed by atoms with Crippen LogP contribution >= 0.6 is 0 Å². The summed E-state index contributed by atoms with van der Waals surface area (Å²) in [7, 11) is 3.72. The second-order valence-corrected chi connectivity index (χ2v) is 7.04. The highest BCUT2D eigenvalue weighted by Crippen LogP contribution is 2.21. The predicted molar refractivity (Wildman–Crippen MR) is 95.9 cm³/mol. The number of hydrogen-bond acceptors (Lipinski definition) is 2. The summed E-state index contributed by atoms with van der Waals surface area (Å²) in [5.74, 6) is -0.450. The van der Waals surface area contributed by atoms with Gasteiger partial charge in [0.1, 0.15) is 5.82 Å². The van der Waals surface area contributed by atoms with Crippen LogP contribution in [0.1, 0.15) is 39.0 Å². The molecule has 2 atom stereocenters. The Morgan fingerprint density at radius 2 is 1.84 bits per heavy atom. The van der Waals surface area contributed by atoms with Gasteiger partial charge in [-0.3, -0.25) is 9.59 Å². The molecule has 1 aliphatic rings. The van der Waals surface area contributed by atoms with Crippen molar-refractivity contribution in [3.05, 3.63) is 30.1 Å². The van der Waals surface area contributed by atoms with Crippen LogP contribution in [0.3, 0.4) is 0 Å². The Morgan fingerprint density at radius 1 is 1.24 bits per heavy atom. The van der Waals surface area contributed by atoms with E-state index in [-0.39, 0.29) is 30.2 Å². The van der Waals surface area contributed by atoms with Gasteiger partial charge in [-0.25, -0.2) is 4.39 Å². The van der Waals surface area contributed by atoms with Crippen LogP contribution < -0.4 is 10.2 Å². The number of anilines is 1. The summed E-state index contributed by atoms with van der Waals surface area (Å²) in [6, 6.07) is 5.69. The standard InChI is InChI=1S/C19H28FN3O2/c1-14(19(25)23(3)17-7-5-4-6-8-17)22(2)13-18(24)21-16-11-9-15(20)10-12-16/h9-12,14,17H,4-8,13H2,1-3H3,(H,21,24)/p+1/t14-/m1/s1. The molecule has 1 aromatic rings. The summed E-state index contributed by atoms with van der Waals surface area (Å²) >= 11 is 0. The highest BCUT2D eigenvalue weighted by atomic mass is 19.1. The quantitative estimate of drug-likeness (QED) is 0.816. The molecule has 0 aliphatic heterocycles. The van der Waals surface area contributed by atoms with E-state index in [4.69, 9.17) is 0 Å². The third-order valence-electron chi connectivity index (χ3n) is 5.15. The molecule has 25 heavy (non-hydrogen) atoms. The summed E-state index contributed by atoms with van der Waals surface area (Å²) in [6.45, 7) is 2.05. The predicted octanol–water partition coefficient (Wildman–Crippen LogP) is 1.46. The van der Waals surface area contributed by atoms with Crippen molar-refractivity contribution < 1.29 is 18.9 Å². The second-order valence-electron chi connectivity index (χ2n) is 7.04. The molecule has 5 nitrogen and oxygen atoms in total. The van der Waals surface area contributed by atoms with Crippen molar-refractivity contribution in [2.45, 2.75) is 51.1 Å². The minimum Gasteiger partial charge on any atom is -0.338 e. The SMILES string of the molecule is C[C@H](C(=O)N(C)C1CCCCC1)[NH+](C)CC(=O)Nc1ccc(F)cc1. The van der Waals surface area contributed by atoms with E-state index in [1.807, 2.05) is 25.9 Å². The molecule has 2 N–H and O–H groups in total. The minimum absolute atomic E-state index is 0.0824. The molecule has 1 saturated carbocycles. The highest BCUT2D eigenvalue weighted by molar-refractivity contribution is 5.91. The van der Waals surface area contributed by atoms with E-state index >= 15 is 0 Å². The fourth-order valence-corrected chi connectivity index (χ4v) is 3.31. The maximum Gasteiger partial charge on any atom is 0.280 e. The number of amides is 2. The van der Waals surface area contributed by atoms with Crippen molar-refractivity contribution in [1.82, 2.24) is 4.90 Å². The van der Waals surface area contributed by atoms with E-state index in [9.17, 15) is 14.0 Å². The summed E-state index contributed by atoms with van der Waals surface area (Å²) < 4.78 is 12.9. The maximum atomic E-state index is 12.9. The molecule has 0 heterocycles. The number of quaternary nitrogens is 1. The van der Waals surface area contributed by atoms with Crippen LogP contribution in [0.5, 0.6) is 0 Å². The zero-order valence-corrected chi connectivity index (χ0v) is 15.3. The number of rotatable bonds is 6. The van der Waals surface area contributed by atoms with E-state index in [0.717, 1.165) is 17.7 Å². The number of carbonyl (C=O) groups is 2. The molecule has 0 radical (unpaired) electrons. The first-order chi connectivity index (χ1) is 11.9. The minimum atomic E-state index is -0.342. The van der Waals surface area contributed by atoms with Crippen LogP contribution in [-0.4, -0.2) is 49.4 Å². The van der Waals surface area contributed by atoms with Gasteiger partial charge in [-0.2, -0.15) is 0 Å². The summed E-state index contributed by atoms with van der Waals surface area (Å²) in [4.78, 5) is 27.6. The normalized spacial score (nSPS) is 17.6. The first-order valence-electron chi connectivity index (χ1n) is 9.03. The van der Waals surface area contributed by atoms with Crippen LogP contribution in [0.25, 0.3) is 0 Å². The van der Waals surface area contributed by atoms with Crippen LogP contribution in [0.2, 0.25) is 0 Å². The Bertz CT molecular complexity index is 585. The largest absolute Gasteiger partial charge is 0.338 e. The molecule has 138 valence electrons. The Kier molecular flexibility index (Phi) is 6.93. The highest BCUT2D eigenvalue weighted by Gasteiger charge is 2.30. The number of halogens is 1.